The molecule has 0 aromatic heterocycles. The summed E-state index contributed by atoms with van der Waals surface area (Å²) in [4.78, 5) is 27.1. The van der Waals surface area contributed by atoms with E-state index in [-0.39, 0.29) is 11.8 Å². The van der Waals surface area contributed by atoms with Gasteiger partial charge in [0.2, 0.25) is 0 Å². The Kier molecular flexibility index (Phi) is 6.69. The fraction of sp³-hybridized carbons (Fsp3) is 0.391. The third kappa shape index (κ3) is 5.12. The predicted molar refractivity (Wildman–Crippen MR) is 111 cm³/mol. The Morgan fingerprint density at radius 1 is 1.00 bits per heavy atom. The van der Waals surface area contributed by atoms with Crippen LogP contribution in [0.5, 0.6) is 5.75 Å². The molecule has 0 bridgehead atoms. The lowest BCUT2D eigenvalue weighted by molar-refractivity contribution is 0.0724. The quantitative estimate of drug-likeness (QED) is 0.797. The molecule has 0 radical (unpaired) electrons. The average molecular weight is 380 g/mol. The van der Waals surface area contributed by atoms with Gasteiger partial charge in [0, 0.05) is 24.3 Å². The maximum absolute atomic E-state index is 12.7. The summed E-state index contributed by atoms with van der Waals surface area (Å²) < 4.78 is 5.76. The van der Waals surface area contributed by atoms with E-state index in [0.717, 1.165) is 25.9 Å². The number of hydrogen-bond donors (Lipinski definition) is 1. The molecule has 0 saturated carbocycles. The molecule has 0 atom stereocenters. The van der Waals surface area contributed by atoms with Gasteiger partial charge in [0.05, 0.1) is 12.2 Å². The largest absolute Gasteiger partial charge is 0.492 e. The third-order valence-electron chi connectivity index (χ3n) is 4.74. The van der Waals surface area contributed by atoms with Gasteiger partial charge < -0.3 is 15.0 Å². The molecule has 148 valence electrons. The highest BCUT2D eigenvalue weighted by molar-refractivity contribution is 6.06. The molecular weight excluding hydrogens is 352 g/mol. The summed E-state index contributed by atoms with van der Waals surface area (Å²) in [5.41, 5.74) is 1.80. The smallest absolute Gasteiger partial charge is 0.259 e. The number of likely N-dealkylation sites (tertiary alicyclic amines) is 1. The molecular formula is C23H28N2O3. The summed E-state index contributed by atoms with van der Waals surface area (Å²) in [6.07, 6.45) is 3.33. The van der Waals surface area contributed by atoms with Gasteiger partial charge in [-0.2, -0.15) is 0 Å². The Hall–Kier alpha value is -2.82. The minimum atomic E-state index is -0.227. The number of benzene rings is 2. The second kappa shape index (κ2) is 9.40. The first-order valence-electron chi connectivity index (χ1n) is 9.97. The van der Waals surface area contributed by atoms with Crippen LogP contribution in [0.3, 0.4) is 0 Å². The minimum absolute atomic E-state index is 0.0602. The highest BCUT2D eigenvalue weighted by atomic mass is 16.5. The van der Waals surface area contributed by atoms with Crippen molar-refractivity contribution in [3.05, 3.63) is 59.7 Å². The molecule has 2 aromatic rings. The Bertz CT molecular complexity index is 809. The molecule has 0 unspecified atom stereocenters. The van der Waals surface area contributed by atoms with Gasteiger partial charge in [-0.1, -0.05) is 26.0 Å². The van der Waals surface area contributed by atoms with Crippen molar-refractivity contribution < 1.29 is 14.3 Å². The van der Waals surface area contributed by atoms with Crippen molar-refractivity contribution in [2.75, 3.05) is 25.0 Å². The van der Waals surface area contributed by atoms with E-state index >= 15 is 0 Å². The SMILES string of the molecule is CC(C)COc1ccccc1C(=O)Nc1ccc(C(=O)N2CCCCC2)cc1. The number of nitrogens with one attached hydrogen (secondary N) is 1. The third-order valence-corrected chi connectivity index (χ3v) is 4.74. The lowest BCUT2D eigenvalue weighted by Gasteiger charge is -2.26. The van der Waals surface area contributed by atoms with Crippen molar-refractivity contribution in [1.29, 1.82) is 0 Å². The van der Waals surface area contributed by atoms with Gasteiger partial charge in [-0.3, -0.25) is 9.59 Å². The molecule has 3 rings (SSSR count). The topological polar surface area (TPSA) is 58.6 Å². The van der Waals surface area contributed by atoms with Crippen LogP contribution in [-0.2, 0) is 0 Å². The van der Waals surface area contributed by atoms with E-state index in [1.165, 1.54) is 6.42 Å². The average Bonchev–Trinajstić information content (AvgIpc) is 2.73. The number of carbonyl (C=O) groups is 2. The van der Waals surface area contributed by atoms with Crippen molar-refractivity contribution in [2.24, 2.45) is 5.92 Å². The monoisotopic (exact) mass is 380 g/mol. The fourth-order valence-corrected chi connectivity index (χ4v) is 3.21. The highest BCUT2D eigenvalue weighted by Gasteiger charge is 2.18. The zero-order valence-corrected chi connectivity index (χ0v) is 16.6. The Morgan fingerprint density at radius 3 is 2.36 bits per heavy atom. The van der Waals surface area contributed by atoms with Crippen molar-refractivity contribution in [3.8, 4) is 5.75 Å². The molecule has 0 spiro atoms. The van der Waals surface area contributed by atoms with Crippen LogP contribution in [0.2, 0.25) is 0 Å². The molecule has 2 amide bonds. The molecule has 1 heterocycles. The molecule has 1 N–H and O–H groups in total. The van der Waals surface area contributed by atoms with Crippen LogP contribution in [0.15, 0.2) is 48.5 Å². The zero-order chi connectivity index (χ0) is 19.9. The van der Waals surface area contributed by atoms with E-state index in [9.17, 15) is 9.59 Å². The molecule has 28 heavy (non-hydrogen) atoms. The van der Waals surface area contributed by atoms with Gasteiger partial charge in [-0.05, 0) is 61.6 Å². The van der Waals surface area contributed by atoms with Gasteiger partial charge in [0.1, 0.15) is 5.75 Å². The van der Waals surface area contributed by atoms with Crippen molar-refractivity contribution >= 4 is 17.5 Å². The Labute approximate surface area is 166 Å². The van der Waals surface area contributed by atoms with Gasteiger partial charge in [0.25, 0.3) is 11.8 Å². The molecule has 1 aliphatic heterocycles. The van der Waals surface area contributed by atoms with E-state index in [4.69, 9.17) is 4.74 Å². The molecule has 1 aliphatic rings. The number of carbonyl (C=O) groups excluding carboxylic acids is 2. The number of rotatable bonds is 6. The zero-order valence-electron chi connectivity index (χ0n) is 16.6. The summed E-state index contributed by atoms with van der Waals surface area (Å²) in [5.74, 6) is 0.783. The fourth-order valence-electron chi connectivity index (χ4n) is 3.21. The van der Waals surface area contributed by atoms with Crippen LogP contribution in [0.1, 0.15) is 53.8 Å². The highest BCUT2D eigenvalue weighted by Crippen LogP contribution is 2.21. The lowest BCUT2D eigenvalue weighted by atomic mass is 10.1. The lowest BCUT2D eigenvalue weighted by Crippen LogP contribution is -2.35. The summed E-state index contributed by atoms with van der Waals surface area (Å²) >= 11 is 0. The standard InChI is InChI=1S/C23H28N2O3/c1-17(2)16-28-21-9-5-4-8-20(21)22(26)24-19-12-10-18(11-13-19)23(27)25-14-6-3-7-15-25/h4-5,8-13,17H,3,6-7,14-16H2,1-2H3,(H,24,26). The van der Waals surface area contributed by atoms with Crippen LogP contribution in [0, 0.1) is 5.92 Å². The second-order valence-corrected chi connectivity index (χ2v) is 7.59. The predicted octanol–water partition coefficient (Wildman–Crippen LogP) is 4.60. The van der Waals surface area contributed by atoms with E-state index in [2.05, 4.69) is 19.2 Å². The second-order valence-electron chi connectivity index (χ2n) is 7.59. The first-order chi connectivity index (χ1) is 13.5. The summed E-state index contributed by atoms with van der Waals surface area (Å²) in [6.45, 7) is 6.33. The number of para-hydroxylation sites is 1. The van der Waals surface area contributed by atoms with Crippen LogP contribution in [-0.4, -0.2) is 36.4 Å². The summed E-state index contributed by atoms with van der Waals surface area (Å²) in [7, 11) is 0. The van der Waals surface area contributed by atoms with E-state index < -0.39 is 0 Å². The van der Waals surface area contributed by atoms with Gasteiger partial charge in [-0.15, -0.1) is 0 Å². The molecule has 5 nitrogen and oxygen atoms in total. The van der Waals surface area contributed by atoms with Gasteiger partial charge in [0.15, 0.2) is 0 Å². The first-order valence-corrected chi connectivity index (χ1v) is 9.97. The minimum Gasteiger partial charge on any atom is -0.492 e. The molecule has 5 heteroatoms. The molecule has 1 saturated heterocycles. The molecule has 1 fully saturated rings. The van der Waals surface area contributed by atoms with E-state index in [1.54, 1.807) is 36.4 Å². The number of nitrogens with zero attached hydrogens (tertiary/aromatic N) is 1. The number of piperidine rings is 1. The number of ether oxygens (including phenoxy) is 1. The van der Waals surface area contributed by atoms with Crippen molar-refractivity contribution in [2.45, 2.75) is 33.1 Å². The Balaban J connectivity index is 1.65. The van der Waals surface area contributed by atoms with Crippen molar-refractivity contribution in [3.63, 3.8) is 0 Å². The van der Waals surface area contributed by atoms with E-state index in [0.29, 0.717) is 35.1 Å². The maximum Gasteiger partial charge on any atom is 0.259 e. The van der Waals surface area contributed by atoms with Gasteiger partial charge in [-0.25, -0.2) is 0 Å². The van der Waals surface area contributed by atoms with Crippen LogP contribution >= 0.6 is 0 Å². The van der Waals surface area contributed by atoms with Crippen LogP contribution < -0.4 is 10.1 Å². The maximum atomic E-state index is 12.7. The van der Waals surface area contributed by atoms with Crippen LogP contribution in [0.25, 0.3) is 0 Å². The first kappa shape index (κ1) is 19.9. The summed E-state index contributed by atoms with van der Waals surface area (Å²) in [5, 5.41) is 2.89. The van der Waals surface area contributed by atoms with Crippen LogP contribution in [0.4, 0.5) is 5.69 Å². The van der Waals surface area contributed by atoms with E-state index in [1.807, 2.05) is 17.0 Å². The normalized spacial score (nSPS) is 14.0. The summed E-state index contributed by atoms with van der Waals surface area (Å²) in [6, 6.07) is 14.3. The Morgan fingerprint density at radius 2 is 1.68 bits per heavy atom. The number of amides is 2. The number of hydrogen-bond acceptors (Lipinski definition) is 3. The van der Waals surface area contributed by atoms with Crippen molar-refractivity contribution in [1.82, 2.24) is 4.90 Å². The number of anilines is 1. The van der Waals surface area contributed by atoms with Gasteiger partial charge >= 0.3 is 0 Å². The molecule has 0 aliphatic carbocycles. The molecule has 2 aromatic carbocycles.